The molecule has 2 aromatic rings. The van der Waals surface area contributed by atoms with Crippen molar-refractivity contribution in [2.75, 3.05) is 11.6 Å². The van der Waals surface area contributed by atoms with Crippen molar-refractivity contribution in [3.63, 3.8) is 0 Å². The van der Waals surface area contributed by atoms with Crippen LogP contribution in [0.25, 0.3) is 0 Å². The van der Waals surface area contributed by atoms with Gasteiger partial charge in [-0.3, -0.25) is 14.6 Å². The molecule has 0 spiro atoms. The quantitative estimate of drug-likeness (QED) is 0.554. The number of nitrogens with zero attached hydrogens (tertiary/aromatic N) is 1. The lowest BCUT2D eigenvalue weighted by Gasteiger charge is -2.42. The van der Waals surface area contributed by atoms with E-state index in [4.69, 9.17) is 23.2 Å². The smallest absolute Gasteiger partial charge is 0.313 e. The second-order valence-electron chi connectivity index (χ2n) is 6.53. The summed E-state index contributed by atoms with van der Waals surface area (Å²) in [6.07, 6.45) is 8.22. The van der Waals surface area contributed by atoms with Crippen LogP contribution in [0.3, 0.4) is 0 Å². The van der Waals surface area contributed by atoms with E-state index in [1.54, 1.807) is 24.4 Å². The van der Waals surface area contributed by atoms with Crippen LogP contribution < -0.4 is 10.6 Å². The molecule has 5 nitrogen and oxygen atoms in total. The fourth-order valence-electron chi connectivity index (χ4n) is 3.11. The molecular weight excluding hydrogens is 405 g/mol. The number of hydrogen-bond donors (Lipinski definition) is 2. The average Bonchev–Trinajstić information content (AvgIpc) is 2.62. The van der Waals surface area contributed by atoms with Crippen molar-refractivity contribution in [1.29, 1.82) is 0 Å². The number of amides is 2. The molecule has 0 radical (unpaired) electrons. The topological polar surface area (TPSA) is 71.1 Å². The van der Waals surface area contributed by atoms with Gasteiger partial charge >= 0.3 is 11.8 Å². The molecular formula is C19H19Cl2N3O2S. The number of nitrogens with one attached hydrogen (secondary N) is 2. The molecule has 0 aliphatic heterocycles. The molecule has 2 N–H and O–H groups in total. The molecule has 0 bridgehead atoms. The summed E-state index contributed by atoms with van der Waals surface area (Å²) in [6.45, 7) is 0. The van der Waals surface area contributed by atoms with Crippen molar-refractivity contribution in [3.8, 4) is 0 Å². The Balaban J connectivity index is 1.68. The number of halogens is 2. The lowest BCUT2D eigenvalue weighted by molar-refractivity contribution is -0.138. The molecule has 1 fully saturated rings. The first-order chi connectivity index (χ1) is 12.9. The van der Waals surface area contributed by atoms with Crippen LogP contribution in [0.1, 0.15) is 24.8 Å². The number of thioether (sulfide) groups is 1. The van der Waals surface area contributed by atoms with Crippen LogP contribution in [0.15, 0.2) is 41.6 Å². The Morgan fingerprint density at radius 2 is 2.00 bits per heavy atom. The molecule has 8 heteroatoms. The highest BCUT2D eigenvalue weighted by Crippen LogP contribution is 2.37. The third-order valence-corrected chi connectivity index (χ3v) is 6.07. The first-order valence-corrected chi connectivity index (χ1v) is 10.5. The van der Waals surface area contributed by atoms with Gasteiger partial charge in [0.2, 0.25) is 0 Å². The fourth-order valence-corrected chi connectivity index (χ4v) is 4.11. The van der Waals surface area contributed by atoms with Crippen molar-refractivity contribution in [1.82, 2.24) is 10.3 Å². The molecule has 0 unspecified atom stereocenters. The maximum Gasteiger partial charge on any atom is 0.313 e. The molecule has 0 saturated heterocycles. The van der Waals surface area contributed by atoms with E-state index >= 15 is 0 Å². The van der Waals surface area contributed by atoms with Gasteiger partial charge in [-0.2, -0.15) is 0 Å². The molecule has 1 aromatic carbocycles. The Hall–Kier alpha value is -1.76. The van der Waals surface area contributed by atoms with E-state index in [1.165, 1.54) is 18.0 Å². The normalized spacial score (nSPS) is 14.9. The number of pyridine rings is 1. The van der Waals surface area contributed by atoms with Gasteiger partial charge in [-0.15, -0.1) is 11.8 Å². The fraction of sp³-hybridized carbons (Fsp3) is 0.316. The molecule has 2 amide bonds. The predicted octanol–water partition coefficient (Wildman–Crippen LogP) is 4.33. The molecule has 3 rings (SSSR count). The van der Waals surface area contributed by atoms with Crippen LogP contribution in [-0.2, 0) is 16.0 Å². The Morgan fingerprint density at radius 1 is 1.22 bits per heavy atom. The van der Waals surface area contributed by atoms with Gasteiger partial charge in [0.15, 0.2) is 0 Å². The number of benzene rings is 1. The Labute approximate surface area is 172 Å². The van der Waals surface area contributed by atoms with Gasteiger partial charge in [0, 0.05) is 26.7 Å². The lowest BCUT2D eigenvalue weighted by Crippen LogP contribution is -2.57. The van der Waals surface area contributed by atoms with Gasteiger partial charge in [0.25, 0.3) is 0 Å². The summed E-state index contributed by atoms with van der Waals surface area (Å²) in [5.41, 5.74) is 0.968. The van der Waals surface area contributed by atoms with Crippen LogP contribution in [0.5, 0.6) is 0 Å². The summed E-state index contributed by atoms with van der Waals surface area (Å²) in [7, 11) is 0. The van der Waals surface area contributed by atoms with Crippen molar-refractivity contribution >= 4 is 52.5 Å². The minimum atomic E-state index is -0.702. The largest absolute Gasteiger partial charge is 0.342 e. The maximum atomic E-state index is 12.5. The molecule has 0 atom stereocenters. The highest BCUT2D eigenvalue weighted by Gasteiger charge is 2.40. The molecule has 1 aromatic heterocycles. The maximum absolute atomic E-state index is 12.5. The summed E-state index contributed by atoms with van der Waals surface area (Å²) in [6, 6.07) is 7.10. The average molecular weight is 424 g/mol. The van der Waals surface area contributed by atoms with Crippen LogP contribution in [0, 0.1) is 0 Å². The van der Waals surface area contributed by atoms with Gasteiger partial charge in [0.1, 0.15) is 0 Å². The standard InChI is InChI=1S/C19H19Cl2N3O2S/c1-27-16-5-8-22-11-15(16)23-17(25)18(26)24-19(6-2-7-19)10-12-3-4-13(20)9-14(12)21/h3-5,8-9,11H,2,6-7,10H2,1H3,(H,23,25)(H,24,26). The van der Waals surface area contributed by atoms with Gasteiger partial charge in [-0.05, 0) is 55.7 Å². The minimum absolute atomic E-state index is 0.455. The Morgan fingerprint density at radius 3 is 2.63 bits per heavy atom. The number of rotatable bonds is 5. The highest BCUT2D eigenvalue weighted by atomic mass is 35.5. The van der Waals surface area contributed by atoms with E-state index in [0.29, 0.717) is 22.2 Å². The SMILES string of the molecule is CSc1ccncc1NC(=O)C(=O)NC1(Cc2ccc(Cl)cc2Cl)CCC1. The van der Waals surface area contributed by atoms with E-state index in [9.17, 15) is 9.59 Å². The lowest BCUT2D eigenvalue weighted by atomic mass is 9.72. The highest BCUT2D eigenvalue weighted by molar-refractivity contribution is 7.98. The van der Waals surface area contributed by atoms with E-state index in [-0.39, 0.29) is 0 Å². The first-order valence-electron chi connectivity index (χ1n) is 8.48. The second-order valence-corrected chi connectivity index (χ2v) is 8.22. The van der Waals surface area contributed by atoms with Crippen LogP contribution in [0.4, 0.5) is 5.69 Å². The molecule has 142 valence electrons. The third-order valence-electron chi connectivity index (χ3n) is 4.69. The number of anilines is 1. The van der Waals surface area contributed by atoms with Gasteiger partial charge in [-0.25, -0.2) is 0 Å². The molecule has 27 heavy (non-hydrogen) atoms. The minimum Gasteiger partial charge on any atom is -0.342 e. The zero-order valence-corrected chi connectivity index (χ0v) is 17.0. The van der Waals surface area contributed by atoms with Crippen molar-refractivity contribution in [2.45, 2.75) is 36.1 Å². The zero-order chi connectivity index (χ0) is 19.4. The first kappa shape index (κ1) is 20.0. The number of carbonyl (C=O) groups excluding carboxylic acids is 2. The number of carbonyl (C=O) groups is 2. The zero-order valence-electron chi connectivity index (χ0n) is 14.7. The predicted molar refractivity (Wildman–Crippen MR) is 110 cm³/mol. The number of aromatic nitrogens is 1. The number of hydrogen-bond acceptors (Lipinski definition) is 4. The summed E-state index contributed by atoms with van der Waals surface area (Å²) >= 11 is 13.7. The van der Waals surface area contributed by atoms with E-state index in [1.807, 2.05) is 12.3 Å². The van der Waals surface area contributed by atoms with Gasteiger partial charge in [0.05, 0.1) is 11.9 Å². The van der Waals surface area contributed by atoms with Crippen LogP contribution >= 0.6 is 35.0 Å². The van der Waals surface area contributed by atoms with Crippen LogP contribution in [-0.4, -0.2) is 28.6 Å². The molecule has 1 aliphatic rings. The Kier molecular flexibility index (Phi) is 6.29. The molecule has 1 heterocycles. The molecule has 1 aliphatic carbocycles. The summed E-state index contributed by atoms with van der Waals surface area (Å²) in [5.74, 6) is -1.36. The second kappa shape index (κ2) is 8.50. The van der Waals surface area contributed by atoms with E-state index in [0.717, 1.165) is 29.7 Å². The summed E-state index contributed by atoms with van der Waals surface area (Å²) in [4.78, 5) is 29.7. The van der Waals surface area contributed by atoms with Crippen molar-refractivity contribution in [2.24, 2.45) is 0 Å². The van der Waals surface area contributed by atoms with E-state index < -0.39 is 17.4 Å². The van der Waals surface area contributed by atoms with Crippen LogP contribution in [0.2, 0.25) is 10.0 Å². The Bertz CT molecular complexity index is 872. The molecule has 1 saturated carbocycles. The van der Waals surface area contributed by atoms with E-state index in [2.05, 4.69) is 15.6 Å². The van der Waals surface area contributed by atoms with Crippen molar-refractivity contribution < 1.29 is 9.59 Å². The van der Waals surface area contributed by atoms with Gasteiger partial charge < -0.3 is 10.6 Å². The summed E-state index contributed by atoms with van der Waals surface area (Å²) < 4.78 is 0. The third kappa shape index (κ3) is 4.75. The summed E-state index contributed by atoms with van der Waals surface area (Å²) in [5, 5.41) is 6.67. The monoisotopic (exact) mass is 423 g/mol. The van der Waals surface area contributed by atoms with Crippen molar-refractivity contribution in [3.05, 3.63) is 52.3 Å². The van der Waals surface area contributed by atoms with Gasteiger partial charge in [-0.1, -0.05) is 29.3 Å².